The summed E-state index contributed by atoms with van der Waals surface area (Å²) in [5.41, 5.74) is 14.9. The van der Waals surface area contributed by atoms with E-state index in [1.54, 1.807) is 18.2 Å². The van der Waals surface area contributed by atoms with Gasteiger partial charge < -0.3 is 20.9 Å². The van der Waals surface area contributed by atoms with Gasteiger partial charge in [0.15, 0.2) is 0 Å². The first-order valence-corrected chi connectivity index (χ1v) is 10.7. The highest BCUT2D eigenvalue weighted by Crippen LogP contribution is 2.35. The van der Waals surface area contributed by atoms with Crippen LogP contribution in [0.4, 0.5) is 11.4 Å². The van der Waals surface area contributed by atoms with Crippen LogP contribution in [0.1, 0.15) is 25.0 Å². The molecule has 0 aliphatic heterocycles. The minimum absolute atomic E-state index is 0.192. The van der Waals surface area contributed by atoms with E-state index in [0.717, 1.165) is 17.2 Å². The molecule has 32 heavy (non-hydrogen) atoms. The monoisotopic (exact) mass is 444 g/mol. The zero-order chi connectivity index (χ0) is 22.7. The molecule has 0 saturated carbocycles. The first-order valence-electron chi connectivity index (χ1n) is 10.3. The number of rotatable bonds is 6. The van der Waals surface area contributed by atoms with Crippen molar-refractivity contribution in [1.29, 1.82) is 0 Å². The standard InChI is InChI=1S/C27H25ClN2O2/c1-27(2,18-3-9-21(10-4-18)31-23-13-7-20(29)8-14-23)19-5-11-22(12-6-19)32-24-15-16-26(30)25(28)17-24/h3-17H,29-30H2,1-2H3. The smallest absolute Gasteiger partial charge is 0.129 e. The second-order valence-electron chi connectivity index (χ2n) is 8.13. The first-order chi connectivity index (χ1) is 15.3. The Kier molecular flexibility index (Phi) is 5.97. The van der Waals surface area contributed by atoms with E-state index < -0.39 is 0 Å². The summed E-state index contributed by atoms with van der Waals surface area (Å²) in [6.45, 7) is 4.39. The summed E-state index contributed by atoms with van der Waals surface area (Å²) in [5, 5.41) is 0.476. The number of ether oxygens (including phenoxy) is 2. The lowest BCUT2D eigenvalue weighted by atomic mass is 9.78. The highest BCUT2D eigenvalue weighted by Gasteiger charge is 2.23. The fraction of sp³-hybridized carbons (Fsp3) is 0.111. The molecule has 4 aromatic carbocycles. The second-order valence-corrected chi connectivity index (χ2v) is 8.54. The van der Waals surface area contributed by atoms with Gasteiger partial charge in [-0.05, 0) is 71.8 Å². The molecule has 162 valence electrons. The SMILES string of the molecule is CC(C)(c1ccc(Oc2ccc(N)cc2)cc1)c1ccc(Oc2ccc(N)c(Cl)c2)cc1. The quantitative estimate of drug-likeness (QED) is 0.303. The molecule has 0 atom stereocenters. The van der Waals surface area contributed by atoms with E-state index in [1.165, 1.54) is 11.1 Å². The Labute approximate surface area is 193 Å². The van der Waals surface area contributed by atoms with Crippen molar-refractivity contribution in [3.63, 3.8) is 0 Å². The zero-order valence-corrected chi connectivity index (χ0v) is 18.8. The number of halogens is 1. The predicted molar refractivity (Wildman–Crippen MR) is 132 cm³/mol. The van der Waals surface area contributed by atoms with Crippen LogP contribution in [0.2, 0.25) is 5.02 Å². The lowest BCUT2D eigenvalue weighted by molar-refractivity contribution is 0.481. The second kappa shape index (κ2) is 8.85. The Morgan fingerprint density at radius 1 is 0.594 bits per heavy atom. The molecule has 0 aliphatic rings. The molecule has 0 amide bonds. The molecule has 4 aromatic rings. The molecular weight excluding hydrogens is 420 g/mol. The fourth-order valence-electron chi connectivity index (χ4n) is 3.43. The largest absolute Gasteiger partial charge is 0.457 e. The number of hydrogen-bond acceptors (Lipinski definition) is 4. The van der Waals surface area contributed by atoms with Crippen molar-refractivity contribution < 1.29 is 9.47 Å². The number of nitrogen functional groups attached to an aromatic ring is 2. The van der Waals surface area contributed by atoms with Crippen LogP contribution in [0.5, 0.6) is 23.0 Å². The summed E-state index contributed by atoms with van der Waals surface area (Å²) in [7, 11) is 0. The van der Waals surface area contributed by atoms with Crippen LogP contribution >= 0.6 is 11.6 Å². The van der Waals surface area contributed by atoms with Crippen molar-refractivity contribution in [3.8, 4) is 23.0 Å². The van der Waals surface area contributed by atoms with Crippen LogP contribution in [0.3, 0.4) is 0 Å². The minimum atomic E-state index is -0.192. The topological polar surface area (TPSA) is 70.5 Å². The van der Waals surface area contributed by atoms with Crippen molar-refractivity contribution in [1.82, 2.24) is 0 Å². The summed E-state index contributed by atoms with van der Waals surface area (Å²) in [4.78, 5) is 0. The lowest BCUT2D eigenvalue weighted by Crippen LogP contribution is -2.18. The Bertz CT molecular complexity index is 1200. The molecule has 0 unspecified atom stereocenters. The Morgan fingerprint density at radius 2 is 1.00 bits per heavy atom. The highest BCUT2D eigenvalue weighted by molar-refractivity contribution is 6.33. The summed E-state index contributed by atoms with van der Waals surface area (Å²) in [5.74, 6) is 2.91. The van der Waals surface area contributed by atoms with Crippen LogP contribution in [-0.4, -0.2) is 0 Å². The Balaban J connectivity index is 1.47. The molecule has 4 nitrogen and oxygen atoms in total. The van der Waals surface area contributed by atoms with E-state index in [9.17, 15) is 0 Å². The van der Waals surface area contributed by atoms with E-state index in [0.29, 0.717) is 22.1 Å². The lowest BCUT2D eigenvalue weighted by Gasteiger charge is -2.26. The maximum Gasteiger partial charge on any atom is 0.129 e. The summed E-state index contributed by atoms with van der Waals surface area (Å²) < 4.78 is 11.8. The van der Waals surface area contributed by atoms with Gasteiger partial charge in [-0.3, -0.25) is 0 Å². The predicted octanol–water partition coefficient (Wildman–Crippen LogP) is 7.41. The molecule has 5 heteroatoms. The highest BCUT2D eigenvalue weighted by atomic mass is 35.5. The summed E-state index contributed by atoms with van der Waals surface area (Å²) in [6, 6.07) is 28.8. The van der Waals surface area contributed by atoms with Gasteiger partial charge in [0.25, 0.3) is 0 Å². The minimum Gasteiger partial charge on any atom is -0.457 e. The number of benzene rings is 4. The van der Waals surface area contributed by atoms with Crippen LogP contribution < -0.4 is 20.9 Å². The molecule has 0 fully saturated rings. The molecule has 0 bridgehead atoms. The molecular formula is C27H25ClN2O2. The van der Waals surface area contributed by atoms with Crippen molar-refractivity contribution in [3.05, 3.63) is 107 Å². The van der Waals surface area contributed by atoms with Crippen molar-refractivity contribution in [2.75, 3.05) is 11.5 Å². The molecule has 4 rings (SSSR count). The van der Waals surface area contributed by atoms with Gasteiger partial charge in [0.05, 0.1) is 10.7 Å². The molecule has 0 saturated heterocycles. The van der Waals surface area contributed by atoms with Gasteiger partial charge >= 0.3 is 0 Å². The van der Waals surface area contributed by atoms with Crippen molar-refractivity contribution in [2.24, 2.45) is 0 Å². The van der Waals surface area contributed by atoms with Gasteiger partial charge in [0.1, 0.15) is 23.0 Å². The van der Waals surface area contributed by atoms with Crippen LogP contribution in [0, 0.1) is 0 Å². The van der Waals surface area contributed by atoms with E-state index >= 15 is 0 Å². The number of hydrogen-bond donors (Lipinski definition) is 2. The van der Waals surface area contributed by atoms with Gasteiger partial charge in [-0.1, -0.05) is 49.7 Å². The van der Waals surface area contributed by atoms with Crippen LogP contribution in [0.15, 0.2) is 91.0 Å². The van der Waals surface area contributed by atoms with Crippen LogP contribution in [0.25, 0.3) is 0 Å². The molecule has 0 radical (unpaired) electrons. The van der Waals surface area contributed by atoms with E-state index in [-0.39, 0.29) is 5.41 Å². The van der Waals surface area contributed by atoms with Gasteiger partial charge in [-0.25, -0.2) is 0 Å². The first kappa shape index (κ1) is 21.6. The molecule has 0 aliphatic carbocycles. The summed E-state index contributed by atoms with van der Waals surface area (Å²) >= 11 is 6.08. The average Bonchev–Trinajstić information content (AvgIpc) is 2.79. The van der Waals surface area contributed by atoms with Gasteiger partial charge in [0.2, 0.25) is 0 Å². The zero-order valence-electron chi connectivity index (χ0n) is 18.0. The third kappa shape index (κ3) is 4.82. The van der Waals surface area contributed by atoms with E-state index in [1.807, 2.05) is 48.5 Å². The molecule has 4 N–H and O–H groups in total. The van der Waals surface area contributed by atoms with E-state index in [4.69, 9.17) is 32.5 Å². The molecule has 0 spiro atoms. The molecule has 0 aromatic heterocycles. The van der Waals surface area contributed by atoms with Crippen molar-refractivity contribution >= 4 is 23.0 Å². The van der Waals surface area contributed by atoms with Crippen LogP contribution in [-0.2, 0) is 5.41 Å². The van der Waals surface area contributed by atoms with Gasteiger partial charge in [-0.15, -0.1) is 0 Å². The van der Waals surface area contributed by atoms with Gasteiger partial charge in [0, 0.05) is 17.2 Å². The maximum atomic E-state index is 6.08. The number of anilines is 2. The Hall–Kier alpha value is -3.63. The average molecular weight is 445 g/mol. The maximum absolute atomic E-state index is 6.08. The van der Waals surface area contributed by atoms with Crippen molar-refractivity contribution in [2.45, 2.75) is 19.3 Å². The Morgan fingerprint density at radius 3 is 1.47 bits per heavy atom. The normalized spacial score (nSPS) is 11.2. The fourth-order valence-corrected chi connectivity index (χ4v) is 3.60. The summed E-state index contributed by atoms with van der Waals surface area (Å²) in [6.07, 6.45) is 0. The third-order valence-electron chi connectivity index (χ3n) is 5.48. The van der Waals surface area contributed by atoms with E-state index in [2.05, 4.69) is 38.1 Å². The third-order valence-corrected chi connectivity index (χ3v) is 5.80. The number of nitrogens with two attached hydrogens (primary N) is 2. The van der Waals surface area contributed by atoms with Gasteiger partial charge in [-0.2, -0.15) is 0 Å². The molecule has 0 heterocycles.